The van der Waals surface area contributed by atoms with E-state index in [4.69, 9.17) is 9.84 Å². The van der Waals surface area contributed by atoms with E-state index < -0.39 is 36.6 Å². The van der Waals surface area contributed by atoms with Crippen molar-refractivity contribution in [1.82, 2.24) is 0 Å². The number of aliphatic hydroxyl groups excluding tert-OH is 1. The van der Waals surface area contributed by atoms with Gasteiger partial charge in [-0.05, 0) is 0 Å². The third-order valence-corrected chi connectivity index (χ3v) is 2.00. The maximum Gasteiger partial charge on any atom is 0.303 e. The normalized spacial score (nSPS) is 34.2. The van der Waals surface area contributed by atoms with Crippen LogP contribution in [0, 0.1) is 0 Å². The predicted molar refractivity (Wildman–Crippen MR) is 48.0 cm³/mol. The van der Waals surface area contributed by atoms with Crippen molar-refractivity contribution in [3.8, 4) is 0 Å². The molecule has 1 aliphatic rings. The van der Waals surface area contributed by atoms with Crippen LogP contribution < -0.4 is 0 Å². The molecule has 0 aromatic heterocycles. The first-order valence-electron chi connectivity index (χ1n) is 4.70. The van der Waals surface area contributed by atoms with E-state index in [1.54, 1.807) is 0 Å². The van der Waals surface area contributed by atoms with Crippen molar-refractivity contribution in [3.63, 3.8) is 0 Å². The van der Waals surface area contributed by atoms with E-state index in [0.29, 0.717) is 0 Å². The number of alkyl halides is 1. The zero-order valence-electron chi connectivity index (χ0n) is 8.88. The van der Waals surface area contributed by atoms with Gasteiger partial charge in [-0.25, -0.2) is 4.39 Å². The van der Waals surface area contributed by atoms with Crippen LogP contribution in [-0.2, 0) is 23.8 Å². The Hall–Kier alpha value is -1.21. The van der Waals surface area contributed by atoms with Gasteiger partial charge in [0.25, 0.3) is 0 Å². The average Bonchev–Trinajstić information content (AvgIpc) is 2.16. The van der Waals surface area contributed by atoms with Gasteiger partial charge in [0.1, 0.15) is 0 Å². The summed E-state index contributed by atoms with van der Waals surface area (Å²) in [6.07, 6.45) is -6.01. The summed E-state index contributed by atoms with van der Waals surface area (Å²) in [5.74, 6) is -1.37. The zero-order valence-corrected chi connectivity index (χ0v) is 8.88. The lowest BCUT2D eigenvalue weighted by Gasteiger charge is -2.35. The van der Waals surface area contributed by atoms with Crippen molar-refractivity contribution in [2.45, 2.75) is 38.5 Å². The van der Waals surface area contributed by atoms with E-state index in [0.717, 1.165) is 13.8 Å². The summed E-state index contributed by atoms with van der Waals surface area (Å²) in [6.45, 7) is 2.02. The van der Waals surface area contributed by atoms with Gasteiger partial charge in [-0.1, -0.05) is 0 Å². The molecular weight excluding hydrogens is 223 g/mol. The third kappa shape index (κ3) is 3.14. The van der Waals surface area contributed by atoms with Crippen LogP contribution in [0.4, 0.5) is 4.39 Å². The van der Waals surface area contributed by atoms with Crippen LogP contribution in [0.5, 0.6) is 0 Å². The van der Waals surface area contributed by atoms with Gasteiger partial charge in [-0.3, -0.25) is 9.59 Å². The highest BCUT2D eigenvalue weighted by molar-refractivity contribution is 5.67. The number of hydrogen-bond acceptors (Lipinski definition) is 6. The van der Waals surface area contributed by atoms with Crippen molar-refractivity contribution in [1.29, 1.82) is 0 Å². The van der Waals surface area contributed by atoms with Crippen LogP contribution in [0.3, 0.4) is 0 Å². The molecule has 1 aliphatic heterocycles. The van der Waals surface area contributed by atoms with Gasteiger partial charge in [-0.2, -0.15) is 0 Å². The Morgan fingerprint density at radius 2 is 1.88 bits per heavy atom. The number of halogens is 1. The summed E-state index contributed by atoms with van der Waals surface area (Å²) in [5, 5.41) is 9.08. The summed E-state index contributed by atoms with van der Waals surface area (Å²) < 4.78 is 27.5. The smallest absolute Gasteiger partial charge is 0.303 e. The highest BCUT2D eigenvalue weighted by Crippen LogP contribution is 2.22. The van der Waals surface area contributed by atoms with E-state index in [9.17, 15) is 14.0 Å². The maximum absolute atomic E-state index is 13.5. The summed E-state index contributed by atoms with van der Waals surface area (Å²) in [5.41, 5.74) is 0. The molecule has 0 bridgehead atoms. The largest absolute Gasteiger partial charge is 0.456 e. The first kappa shape index (κ1) is 12.9. The number of carbonyl (C=O) groups excluding carboxylic acids is 2. The molecule has 1 heterocycles. The summed E-state index contributed by atoms with van der Waals surface area (Å²) in [4.78, 5) is 21.5. The topological polar surface area (TPSA) is 82.1 Å². The molecule has 92 valence electrons. The van der Waals surface area contributed by atoms with Crippen LogP contribution in [0.2, 0.25) is 0 Å². The summed E-state index contributed by atoms with van der Waals surface area (Å²) in [6, 6.07) is 0. The quantitative estimate of drug-likeness (QED) is 0.653. The van der Waals surface area contributed by atoms with E-state index in [2.05, 4.69) is 9.47 Å². The second-order valence-electron chi connectivity index (χ2n) is 3.39. The van der Waals surface area contributed by atoms with Crippen LogP contribution in [-0.4, -0.2) is 48.3 Å². The Kier molecular flexibility index (Phi) is 4.19. The zero-order chi connectivity index (χ0) is 12.3. The molecule has 0 saturated carbocycles. The highest BCUT2D eigenvalue weighted by Gasteiger charge is 2.44. The van der Waals surface area contributed by atoms with Gasteiger partial charge >= 0.3 is 11.9 Å². The van der Waals surface area contributed by atoms with Gasteiger partial charge < -0.3 is 19.3 Å². The molecule has 0 spiro atoms. The van der Waals surface area contributed by atoms with Crippen LogP contribution >= 0.6 is 0 Å². The first-order valence-corrected chi connectivity index (χ1v) is 4.70. The van der Waals surface area contributed by atoms with Crippen molar-refractivity contribution in [3.05, 3.63) is 0 Å². The minimum absolute atomic E-state index is 0.223. The third-order valence-electron chi connectivity index (χ3n) is 2.00. The number of aliphatic hydroxyl groups is 1. The fourth-order valence-electron chi connectivity index (χ4n) is 1.39. The maximum atomic E-state index is 13.5. The molecular formula is C9H13FO6. The molecule has 0 radical (unpaired) electrons. The van der Waals surface area contributed by atoms with Crippen LogP contribution in [0.25, 0.3) is 0 Å². The highest BCUT2D eigenvalue weighted by atomic mass is 19.1. The first-order chi connectivity index (χ1) is 7.41. The molecule has 1 saturated heterocycles. The second-order valence-corrected chi connectivity index (χ2v) is 3.39. The Labute approximate surface area is 91.3 Å². The summed E-state index contributed by atoms with van der Waals surface area (Å²) in [7, 11) is 0. The summed E-state index contributed by atoms with van der Waals surface area (Å²) >= 11 is 0. The lowest BCUT2D eigenvalue weighted by Crippen LogP contribution is -2.54. The number of ether oxygens (including phenoxy) is 3. The molecule has 0 aliphatic carbocycles. The van der Waals surface area contributed by atoms with Crippen molar-refractivity contribution in [2.24, 2.45) is 0 Å². The van der Waals surface area contributed by atoms with Gasteiger partial charge in [0.15, 0.2) is 24.7 Å². The molecule has 0 aromatic rings. The molecule has 1 rings (SSSR count). The number of rotatable bonds is 2. The fraction of sp³-hybridized carbons (Fsp3) is 0.778. The molecule has 1 N–H and O–H groups in total. The molecule has 16 heavy (non-hydrogen) atoms. The van der Waals surface area contributed by atoms with Crippen LogP contribution in [0.1, 0.15) is 13.8 Å². The van der Waals surface area contributed by atoms with Crippen molar-refractivity contribution in [2.75, 3.05) is 6.61 Å². The van der Waals surface area contributed by atoms with Gasteiger partial charge in [-0.15, -0.1) is 0 Å². The monoisotopic (exact) mass is 236 g/mol. The molecule has 1 unspecified atom stereocenters. The van der Waals surface area contributed by atoms with Crippen molar-refractivity contribution < 1.29 is 33.3 Å². The Balaban J connectivity index is 2.72. The lowest BCUT2D eigenvalue weighted by atomic mass is 10.1. The minimum Gasteiger partial charge on any atom is -0.456 e. The molecule has 1 fully saturated rings. The predicted octanol–water partition coefficient (Wildman–Crippen LogP) is -0.464. The second kappa shape index (κ2) is 5.22. The van der Waals surface area contributed by atoms with E-state index >= 15 is 0 Å². The fourth-order valence-corrected chi connectivity index (χ4v) is 1.39. The molecule has 4 atom stereocenters. The molecule has 0 aromatic carbocycles. The van der Waals surface area contributed by atoms with Gasteiger partial charge in [0.05, 0.1) is 6.61 Å². The van der Waals surface area contributed by atoms with Crippen molar-refractivity contribution >= 4 is 11.9 Å². The number of esters is 2. The van der Waals surface area contributed by atoms with E-state index in [-0.39, 0.29) is 6.61 Å². The lowest BCUT2D eigenvalue weighted by molar-refractivity contribution is -0.246. The number of carbonyl (C=O) groups is 2. The Morgan fingerprint density at radius 3 is 2.38 bits per heavy atom. The van der Waals surface area contributed by atoms with Gasteiger partial charge in [0.2, 0.25) is 0 Å². The van der Waals surface area contributed by atoms with E-state index in [1.807, 2.05) is 0 Å². The SMILES string of the molecule is CC(=O)O[C@H]1[C@@H](OC(C)=O)COC(O)[C@@H]1F. The molecule has 6 nitrogen and oxygen atoms in total. The molecule has 7 heteroatoms. The average molecular weight is 236 g/mol. The minimum atomic E-state index is -1.94. The Morgan fingerprint density at radius 1 is 1.31 bits per heavy atom. The van der Waals surface area contributed by atoms with Gasteiger partial charge in [0, 0.05) is 13.8 Å². The Bertz CT molecular complexity index is 281. The van der Waals surface area contributed by atoms with E-state index in [1.165, 1.54) is 0 Å². The number of hydrogen-bond donors (Lipinski definition) is 1. The van der Waals surface area contributed by atoms with Crippen LogP contribution in [0.15, 0.2) is 0 Å². The molecule has 0 amide bonds. The standard InChI is InChI=1S/C9H13FO6/c1-4(11)15-6-3-14-9(13)7(10)8(6)16-5(2)12/h6-9,13H,3H2,1-2H3/t6-,7+,8-,9?/m0/s1.